The second-order valence-corrected chi connectivity index (χ2v) is 3.69. The molecule has 0 aromatic carbocycles. The van der Waals surface area contributed by atoms with Gasteiger partial charge in [0.1, 0.15) is 0 Å². The summed E-state index contributed by atoms with van der Waals surface area (Å²) in [6.45, 7) is 6.85. The van der Waals surface area contributed by atoms with Crippen LogP contribution in [0.2, 0.25) is 5.02 Å². The number of unbranched alkanes of at least 4 members (excludes halogenated alkanes) is 1. The zero-order chi connectivity index (χ0) is 10.6. The maximum absolute atomic E-state index is 5.96. The lowest BCUT2D eigenvalue weighted by Gasteiger charge is -2.07. The topological polar surface area (TPSA) is 37.8 Å². The molecule has 0 aliphatic rings. The average molecular weight is 214 g/mol. The number of aromatic nitrogens is 2. The molecule has 0 aliphatic heterocycles. The van der Waals surface area contributed by atoms with E-state index in [0.717, 1.165) is 24.4 Å². The predicted molar refractivity (Wildman–Crippen MR) is 59.9 cm³/mol. The third-order valence-corrected chi connectivity index (χ3v) is 2.54. The van der Waals surface area contributed by atoms with Crippen LogP contribution < -0.4 is 5.32 Å². The number of anilines is 1. The zero-order valence-corrected chi connectivity index (χ0v) is 9.65. The minimum Gasteiger partial charge on any atom is -0.354 e. The van der Waals surface area contributed by atoms with E-state index in [4.69, 9.17) is 11.6 Å². The van der Waals surface area contributed by atoms with Crippen molar-refractivity contribution in [2.75, 3.05) is 11.9 Å². The van der Waals surface area contributed by atoms with Crippen LogP contribution in [0.15, 0.2) is 0 Å². The molecule has 0 saturated heterocycles. The average Bonchev–Trinajstić information content (AvgIpc) is 2.14. The van der Waals surface area contributed by atoms with Gasteiger partial charge in [-0.3, -0.25) is 0 Å². The van der Waals surface area contributed by atoms with Crippen molar-refractivity contribution in [3.63, 3.8) is 0 Å². The first-order valence-corrected chi connectivity index (χ1v) is 5.27. The van der Waals surface area contributed by atoms with Crippen LogP contribution in [0.25, 0.3) is 0 Å². The summed E-state index contributed by atoms with van der Waals surface area (Å²) in [5.74, 6) is 0.679. The van der Waals surface area contributed by atoms with Crippen molar-refractivity contribution in [1.82, 2.24) is 9.97 Å². The van der Waals surface area contributed by atoms with Crippen LogP contribution in [0.4, 0.5) is 5.95 Å². The smallest absolute Gasteiger partial charge is 0.223 e. The quantitative estimate of drug-likeness (QED) is 0.782. The maximum atomic E-state index is 5.96. The molecule has 3 nitrogen and oxygen atoms in total. The molecule has 1 heterocycles. The minimum absolute atomic E-state index is 0.658. The number of nitrogens with one attached hydrogen (secondary N) is 1. The summed E-state index contributed by atoms with van der Waals surface area (Å²) in [6, 6.07) is 0. The Hall–Kier alpha value is -0.830. The van der Waals surface area contributed by atoms with E-state index in [1.54, 1.807) is 0 Å². The summed E-state index contributed by atoms with van der Waals surface area (Å²) in [5, 5.41) is 3.83. The molecule has 0 amide bonds. The Morgan fingerprint density at radius 3 is 2.29 bits per heavy atom. The zero-order valence-electron chi connectivity index (χ0n) is 8.89. The van der Waals surface area contributed by atoms with Gasteiger partial charge in [-0.05, 0) is 20.3 Å². The summed E-state index contributed by atoms with van der Waals surface area (Å²) in [5.41, 5.74) is 1.66. The molecule has 0 fully saturated rings. The van der Waals surface area contributed by atoms with E-state index in [0.29, 0.717) is 11.0 Å². The normalized spacial score (nSPS) is 10.3. The standard InChI is InChI=1S/C10H16ClN3/c1-4-5-6-12-10-13-7(2)9(11)8(3)14-10/h4-6H2,1-3H3,(H,12,13,14). The second kappa shape index (κ2) is 5.15. The molecule has 0 spiro atoms. The molecule has 14 heavy (non-hydrogen) atoms. The highest BCUT2D eigenvalue weighted by Gasteiger charge is 2.04. The van der Waals surface area contributed by atoms with Crippen LogP contribution in [0.1, 0.15) is 31.2 Å². The van der Waals surface area contributed by atoms with Gasteiger partial charge in [0.15, 0.2) is 0 Å². The van der Waals surface area contributed by atoms with Crippen LogP contribution in [-0.4, -0.2) is 16.5 Å². The predicted octanol–water partition coefficient (Wildman–Crippen LogP) is 2.96. The monoisotopic (exact) mass is 213 g/mol. The molecule has 0 aliphatic carbocycles. The van der Waals surface area contributed by atoms with Crippen molar-refractivity contribution in [3.8, 4) is 0 Å². The van der Waals surface area contributed by atoms with Crippen molar-refractivity contribution >= 4 is 17.5 Å². The number of halogens is 1. The summed E-state index contributed by atoms with van der Waals surface area (Å²) in [6.07, 6.45) is 2.29. The molecule has 1 rings (SSSR count). The lowest BCUT2D eigenvalue weighted by Crippen LogP contribution is -2.07. The van der Waals surface area contributed by atoms with Crippen molar-refractivity contribution in [1.29, 1.82) is 0 Å². The first-order valence-electron chi connectivity index (χ1n) is 4.89. The number of hydrogen-bond acceptors (Lipinski definition) is 3. The largest absolute Gasteiger partial charge is 0.354 e. The van der Waals surface area contributed by atoms with E-state index < -0.39 is 0 Å². The first-order chi connectivity index (χ1) is 6.65. The summed E-state index contributed by atoms with van der Waals surface area (Å²) >= 11 is 5.96. The van der Waals surface area contributed by atoms with Gasteiger partial charge in [0.05, 0.1) is 16.4 Å². The highest BCUT2D eigenvalue weighted by molar-refractivity contribution is 6.31. The van der Waals surface area contributed by atoms with E-state index in [-0.39, 0.29) is 0 Å². The van der Waals surface area contributed by atoms with Crippen LogP contribution in [0, 0.1) is 13.8 Å². The highest BCUT2D eigenvalue weighted by Crippen LogP contribution is 2.17. The van der Waals surface area contributed by atoms with Gasteiger partial charge in [0, 0.05) is 6.54 Å². The molecule has 1 aromatic rings. The fourth-order valence-electron chi connectivity index (χ4n) is 1.16. The van der Waals surface area contributed by atoms with Crippen molar-refractivity contribution in [3.05, 3.63) is 16.4 Å². The Bertz CT molecular complexity index is 289. The molecule has 0 bridgehead atoms. The first kappa shape index (κ1) is 11.2. The highest BCUT2D eigenvalue weighted by atomic mass is 35.5. The minimum atomic E-state index is 0.658. The van der Waals surface area contributed by atoms with Crippen molar-refractivity contribution in [2.24, 2.45) is 0 Å². The molecular weight excluding hydrogens is 198 g/mol. The molecule has 1 N–H and O–H groups in total. The van der Waals surface area contributed by atoms with E-state index in [1.807, 2.05) is 13.8 Å². The lowest BCUT2D eigenvalue weighted by atomic mass is 10.3. The summed E-state index contributed by atoms with van der Waals surface area (Å²) in [4.78, 5) is 8.50. The van der Waals surface area contributed by atoms with E-state index in [1.165, 1.54) is 6.42 Å². The van der Waals surface area contributed by atoms with Gasteiger partial charge in [-0.1, -0.05) is 24.9 Å². The van der Waals surface area contributed by atoms with Gasteiger partial charge in [-0.2, -0.15) is 0 Å². The van der Waals surface area contributed by atoms with Crippen LogP contribution in [0.3, 0.4) is 0 Å². The van der Waals surface area contributed by atoms with Crippen LogP contribution in [0.5, 0.6) is 0 Å². The molecule has 0 saturated carbocycles. The molecular formula is C10H16ClN3. The van der Waals surface area contributed by atoms with Crippen LogP contribution >= 0.6 is 11.6 Å². The van der Waals surface area contributed by atoms with Gasteiger partial charge < -0.3 is 5.32 Å². The maximum Gasteiger partial charge on any atom is 0.223 e. The molecule has 0 unspecified atom stereocenters. The van der Waals surface area contributed by atoms with Gasteiger partial charge >= 0.3 is 0 Å². The number of hydrogen-bond donors (Lipinski definition) is 1. The number of aryl methyl sites for hydroxylation is 2. The second-order valence-electron chi connectivity index (χ2n) is 3.31. The van der Waals surface area contributed by atoms with Crippen molar-refractivity contribution in [2.45, 2.75) is 33.6 Å². The number of rotatable bonds is 4. The van der Waals surface area contributed by atoms with Gasteiger partial charge in [0.25, 0.3) is 0 Å². The lowest BCUT2D eigenvalue weighted by molar-refractivity contribution is 0.824. The number of nitrogens with zero attached hydrogens (tertiary/aromatic N) is 2. The van der Waals surface area contributed by atoms with Crippen molar-refractivity contribution < 1.29 is 0 Å². The fourth-order valence-corrected chi connectivity index (χ4v) is 1.24. The molecule has 0 radical (unpaired) electrons. The van der Waals surface area contributed by atoms with Gasteiger partial charge in [0.2, 0.25) is 5.95 Å². The Balaban J connectivity index is 2.69. The molecule has 1 aromatic heterocycles. The van der Waals surface area contributed by atoms with Gasteiger partial charge in [-0.25, -0.2) is 9.97 Å². The molecule has 78 valence electrons. The molecule has 4 heteroatoms. The van der Waals surface area contributed by atoms with E-state index in [9.17, 15) is 0 Å². The SMILES string of the molecule is CCCCNc1nc(C)c(Cl)c(C)n1. The Labute approximate surface area is 89.9 Å². The van der Waals surface area contributed by atoms with E-state index >= 15 is 0 Å². The Morgan fingerprint density at radius 1 is 1.21 bits per heavy atom. The molecule has 0 atom stereocenters. The van der Waals surface area contributed by atoms with E-state index in [2.05, 4.69) is 22.2 Å². The van der Waals surface area contributed by atoms with Crippen LogP contribution in [-0.2, 0) is 0 Å². The summed E-state index contributed by atoms with van der Waals surface area (Å²) in [7, 11) is 0. The van der Waals surface area contributed by atoms with Gasteiger partial charge in [-0.15, -0.1) is 0 Å². The third kappa shape index (κ3) is 2.84. The summed E-state index contributed by atoms with van der Waals surface area (Å²) < 4.78 is 0. The third-order valence-electron chi connectivity index (χ3n) is 2.00. The fraction of sp³-hybridized carbons (Fsp3) is 0.600. The Kier molecular flexibility index (Phi) is 4.14. The Morgan fingerprint density at radius 2 is 1.79 bits per heavy atom.